The van der Waals surface area contributed by atoms with Gasteiger partial charge in [-0.1, -0.05) is 29.8 Å². The van der Waals surface area contributed by atoms with Gasteiger partial charge in [0.05, 0.1) is 28.2 Å². The second-order valence-corrected chi connectivity index (χ2v) is 6.99. The van der Waals surface area contributed by atoms with E-state index in [1.807, 2.05) is 48.5 Å². The minimum atomic E-state index is -0.180. The van der Waals surface area contributed by atoms with Gasteiger partial charge in [-0.15, -0.1) is 0 Å². The van der Waals surface area contributed by atoms with Crippen molar-refractivity contribution in [1.82, 2.24) is 15.3 Å². The number of fused-ring (bicyclic) bond motifs is 1. The highest BCUT2D eigenvalue weighted by atomic mass is 35.5. The lowest BCUT2D eigenvalue weighted by molar-refractivity contribution is -0.115. The van der Waals surface area contributed by atoms with Crippen molar-refractivity contribution in [2.45, 2.75) is 6.54 Å². The standard InChI is InChI=1S/C19H13ClN4OS/c20-14-5-2-1-4-12(14)11-22-19-24-18(25)17(26-19)10-13-7-8-15-16(23-13)6-3-9-21-15/h1-10H,11H2,(H,22,24,25)/b17-10+. The lowest BCUT2D eigenvalue weighted by Crippen LogP contribution is -2.19. The summed E-state index contributed by atoms with van der Waals surface area (Å²) >= 11 is 7.43. The lowest BCUT2D eigenvalue weighted by atomic mass is 10.2. The lowest BCUT2D eigenvalue weighted by Gasteiger charge is -2.00. The van der Waals surface area contributed by atoms with Crippen LogP contribution in [0.25, 0.3) is 17.1 Å². The number of rotatable bonds is 3. The number of halogens is 1. The zero-order chi connectivity index (χ0) is 17.9. The van der Waals surface area contributed by atoms with Gasteiger partial charge < -0.3 is 5.32 Å². The van der Waals surface area contributed by atoms with Crippen LogP contribution in [0.5, 0.6) is 0 Å². The summed E-state index contributed by atoms with van der Waals surface area (Å²) in [5, 5.41) is 4.00. The van der Waals surface area contributed by atoms with Gasteiger partial charge in [0.2, 0.25) is 0 Å². The number of hydrogen-bond donors (Lipinski definition) is 1. The van der Waals surface area contributed by atoms with Crippen molar-refractivity contribution in [2.75, 3.05) is 0 Å². The Kier molecular flexibility index (Phi) is 4.69. The molecule has 0 atom stereocenters. The number of carbonyl (C=O) groups excluding carboxylic acids is 1. The molecule has 0 spiro atoms. The summed E-state index contributed by atoms with van der Waals surface area (Å²) in [5.41, 5.74) is 3.23. The Morgan fingerprint density at radius 1 is 1.12 bits per heavy atom. The molecule has 0 bridgehead atoms. The molecule has 1 amide bonds. The predicted octanol–water partition coefficient (Wildman–Crippen LogP) is 4.04. The molecular weight excluding hydrogens is 368 g/mol. The van der Waals surface area contributed by atoms with Gasteiger partial charge in [0.15, 0.2) is 5.17 Å². The molecule has 4 rings (SSSR count). The molecule has 3 aromatic rings. The Morgan fingerprint density at radius 2 is 2.00 bits per heavy atom. The van der Waals surface area contributed by atoms with E-state index in [0.29, 0.717) is 27.3 Å². The Balaban J connectivity index is 1.54. The van der Waals surface area contributed by atoms with Crippen LogP contribution in [0.4, 0.5) is 0 Å². The van der Waals surface area contributed by atoms with Crippen LogP contribution < -0.4 is 5.32 Å². The van der Waals surface area contributed by atoms with Gasteiger partial charge in [-0.05, 0) is 53.7 Å². The minimum absolute atomic E-state index is 0.180. The molecular formula is C19H13ClN4OS. The van der Waals surface area contributed by atoms with Gasteiger partial charge in [-0.25, -0.2) is 4.98 Å². The average molecular weight is 381 g/mol. The molecule has 1 saturated heterocycles. The molecule has 26 heavy (non-hydrogen) atoms. The summed E-state index contributed by atoms with van der Waals surface area (Å²) in [6, 6.07) is 15.0. The third-order valence-electron chi connectivity index (χ3n) is 3.76. The summed E-state index contributed by atoms with van der Waals surface area (Å²) in [5.74, 6) is -0.180. The van der Waals surface area contributed by atoms with Crippen LogP contribution in [0.1, 0.15) is 11.3 Å². The fourth-order valence-electron chi connectivity index (χ4n) is 2.47. The second kappa shape index (κ2) is 7.27. The molecule has 5 nitrogen and oxygen atoms in total. The molecule has 1 N–H and O–H groups in total. The molecule has 1 aliphatic rings. The quantitative estimate of drug-likeness (QED) is 0.696. The summed E-state index contributed by atoms with van der Waals surface area (Å²) in [7, 11) is 0. The predicted molar refractivity (Wildman–Crippen MR) is 106 cm³/mol. The van der Waals surface area contributed by atoms with Gasteiger partial charge in [0.25, 0.3) is 5.91 Å². The summed E-state index contributed by atoms with van der Waals surface area (Å²) in [4.78, 5) is 25.9. The number of amides is 1. The summed E-state index contributed by atoms with van der Waals surface area (Å²) in [6.07, 6.45) is 3.48. The molecule has 0 radical (unpaired) electrons. The normalized spacial score (nSPS) is 17.2. The van der Waals surface area contributed by atoms with Crippen molar-refractivity contribution in [3.05, 3.63) is 75.9 Å². The molecule has 3 heterocycles. The number of benzene rings is 1. The van der Waals surface area contributed by atoms with E-state index in [0.717, 1.165) is 16.6 Å². The maximum Gasteiger partial charge on any atom is 0.264 e. The largest absolute Gasteiger partial charge is 0.301 e. The van der Waals surface area contributed by atoms with E-state index >= 15 is 0 Å². The van der Waals surface area contributed by atoms with Crippen LogP contribution in [0, 0.1) is 0 Å². The van der Waals surface area contributed by atoms with E-state index in [1.54, 1.807) is 12.3 Å². The average Bonchev–Trinajstić information content (AvgIpc) is 3.00. The Morgan fingerprint density at radius 3 is 2.88 bits per heavy atom. The van der Waals surface area contributed by atoms with Gasteiger partial charge in [0, 0.05) is 11.2 Å². The Bertz CT molecular complexity index is 1060. The Labute approximate surface area is 159 Å². The highest BCUT2D eigenvalue weighted by molar-refractivity contribution is 8.18. The zero-order valence-electron chi connectivity index (χ0n) is 13.5. The van der Waals surface area contributed by atoms with Crippen LogP contribution >= 0.6 is 23.4 Å². The first-order valence-electron chi connectivity index (χ1n) is 7.89. The minimum Gasteiger partial charge on any atom is -0.301 e. The smallest absolute Gasteiger partial charge is 0.264 e. The zero-order valence-corrected chi connectivity index (χ0v) is 15.1. The molecule has 0 saturated carbocycles. The molecule has 1 fully saturated rings. The van der Waals surface area contributed by atoms with E-state index in [4.69, 9.17) is 11.6 Å². The molecule has 0 aliphatic carbocycles. The topological polar surface area (TPSA) is 67.2 Å². The number of aliphatic imine (C=N–C) groups is 1. The van der Waals surface area contributed by atoms with Gasteiger partial charge in [-0.3, -0.25) is 14.8 Å². The highest BCUT2D eigenvalue weighted by Crippen LogP contribution is 2.26. The van der Waals surface area contributed by atoms with E-state index < -0.39 is 0 Å². The molecule has 1 aliphatic heterocycles. The number of carbonyl (C=O) groups is 1. The van der Waals surface area contributed by atoms with E-state index in [2.05, 4.69) is 20.3 Å². The molecule has 1 aromatic carbocycles. The van der Waals surface area contributed by atoms with Gasteiger partial charge in [0.1, 0.15) is 0 Å². The highest BCUT2D eigenvalue weighted by Gasteiger charge is 2.23. The number of thioether (sulfide) groups is 1. The van der Waals surface area contributed by atoms with E-state index in [9.17, 15) is 4.79 Å². The van der Waals surface area contributed by atoms with Crippen molar-refractivity contribution in [1.29, 1.82) is 0 Å². The first kappa shape index (κ1) is 16.8. The number of nitrogens with zero attached hydrogens (tertiary/aromatic N) is 3. The molecule has 128 valence electrons. The second-order valence-electron chi connectivity index (χ2n) is 5.56. The maximum atomic E-state index is 12.2. The monoisotopic (exact) mass is 380 g/mol. The van der Waals surface area contributed by atoms with Crippen LogP contribution in [-0.2, 0) is 11.3 Å². The first-order valence-corrected chi connectivity index (χ1v) is 9.09. The molecule has 0 unspecified atom stereocenters. The van der Waals surface area contributed by atoms with Crippen molar-refractivity contribution in [3.63, 3.8) is 0 Å². The number of aromatic nitrogens is 2. The first-order chi connectivity index (χ1) is 12.7. The van der Waals surface area contributed by atoms with Crippen molar-refractivity contribution >= 4 is 51.5 Å². The molecule has 7 heteroatoms. The summed E-state index contributed by atoms with van der Waals surface area (Å²) < 4.78 is 0. The van der Waals surface area contributed by atoms with E-state index in [1.165, 1.54) is 11.8 Å². The fraction of sp³-hybridized carbons (Fsp3) is 0.0526. The van der Waals surface area contributed by atoms with Crippen LogP contribution in [0.3, 0.4) is 0 Å². The third-order valence-corrected chi connectivity index (χ3v) is 5.07. The SMILES string of the molecule is O=C1NC(=NCc2ccccc2Cl)S/C1=C/c1ccc2ncccc2n1. The van der Waals surface area contributed by atoms with Crippen molar-refractivity contribution in [3.8, 4) is 0 Å². The van der Waals surface area contributed by atoms with Crippen molar-refractivity contribution < 1.29 is 4.79 Å². The van der Waals surface area contributed by atoms with Crippen LogP contribution in [-0.4, -0.2) is 21.0 Å². The number of hydrogen-bond acceptors (Lipinski definition) is 5. The maximum absolute atomic E-state index is 12.2. The fourth-order valence-corrected chi connectivity index (χ4v) is 3.47. The number of amidine groups is 1. The number of nitrogens with one attached hydrogen (secondary N) is 1. The van der Waals surface area contributed by atoms with E-state index in [-0.39, 0.29) is 5.91 Å². The third kappa shape index (κ3) is 3.61. The van der Waals surface area contributed by atoms with Crippen LogP contribution in [0.2, 0.25) is 5.02 Å². The van der Waals surface area contributed by atoms with Crippen molar-refractivity contribution in [2.24, 2.45) is 4.99 Å². The Hall–Kier alpha value is -2.70. The van der Waals surface area contributed by atoms with Gasteiger partial charge >= 0.3 is 0 Å². The van der Waals surface area contributed by atoms with Gasteiger partial charge in [-0.2, -0.15) is 0 Å². The molecule has 2 aromatic heterocycles. The van der Waals surface area contributed by atoms with Crippen LogP contribution in [0.15, 0.2) is 64.6 Å². The number of pyridine rings is 2. The summed E-state index contributed by atoms with van der Waals surface area (Å²) in [6.45, 7) is 0.412.